The quantitative estimate of drug-likeness (QED) is 0.448. The van der Waals surface area contributed by atoms with E-state index in [0.717, 1.165) is 14.8 Å². The first-order valence-electron chi connectivity index (χ1n) is 6.21. The number of anilines is 1. The molecule has 2 aromatic carbocycles. The van der Waals surface area contributed by atoms with Gasteiger partial charge in [-0.3, -0.25) is 4.79 Å². The van der Waals surface area contributed by atoms with Crippen molar-refractivity contribution in [2.24, 2.45) is 5.10 Å². The van der Waals surface area contributed by atoms with Crippen LogP contribution in [0, 0.1) is 3.57 Å². The van der Waals surface area contributed by atoms with E-state index in [9.17, 15) is 4.79 Å². The molecule has 108 valence electrons. The summed E-state index contributed by atoms with van der Waals surface area (Å²) in [5.41, 5.74) is 4.09. The first-order valence-corrected chi connectivity index (χ1v) is 7.67. The number of hydrogen-bond acceptors (Lipinski definition) is 3. The number of carbonyl (C=O) groups is 1. The predicted molar refractivity (Wildman–Crippen MR) is 94.8 cm³/mol. The fourth-order valence-electron chi connectivity index (χ4n) is 1.54. The zero-order valence-corrected chi connectivity index (χ0v) is 13.9. The smallest absolute Gasteiger partial charge is 0.259 e. The Kier molecular flexibility index (Phi) is 6.01. The number of halogens is 2. The number of carbonyl (C=O) groups excluding carboxylic acids is 1. The average Bonchev–Trinajstić information content (AvgIpc) is 2.49. The van der Waals surface area contributed by atoms with Crippen molar-refractivity contribution in [3.05, 3.63) is 62.7 Å². The molecule has 21 heavy (non-hydrogen) atoms. The highest BCUT2D eigenvalue weighted by molar-refractivity contribution is 14.1. The summed E-state index contributed by atoms with van der Waals surface area (Å²) in [6.07, 6.45) is 1.52. The molecule has 0 saturated heterocycles. The lowest BCUT2D eigenvalue weighted by Crippen LogP contribution is -2.25. The monoisotopic (exact) mass is 413 g/mol. The van der Waals surface area contributed by atoms with Gasteiger partial charge in [-0.2, -0.15) is 5.10 Å². The van der Waals surface area contributed by atoms with Gasteiger partial charge in [0.2, 0.25) is 0 Å². The van der Waals surface area contributed by atoms with Crippen LogP contribution in [0.15, 0.2) is 53.6 Å². The first kappa shape index (κ1) is 15.8. The van der Waals surface area contributed by atoms with E-state index >= 15 is 0 Å². The minimum Gasteiger partial charge on any atom is -0.376 e. The summed E-state index contributed by atoms with van der Waals surface area (Å²) in [6.45, 7) is 0.153. The fraction of sp³-hybridized carbons (Fsp3) is 0.0667. The topological polar surface area (TPSA) is 53.5 Å². The van der Waals surface area contributed by atoms with Crippen molar-refractivity contribution in [2.45, 2.75) is 0 Å². The molecule has 0 aromatic heterocycles. The summed E-state index contributed by atoms with van der Waals surface area (Å²) in [7, 11) is 0. The van der Waals surface area contributed by atoms with E-state index in [0.29, 0.717) is 5.02 Å². The Morgan fingerprint density at radius 3 is 2.62 bits per heavy atom. The van der Waals surface area contributed by atoms with Crippen LogP contribution in [0.5, 0.6) is 0 Å². The SMILES string of the molecule is O=C(CNc1ccc(I)cc1)N/N=C\c1ccccc1Cl. The molecule has 4 nitrogen and oxygen atoms in total. The van der Waals surface area contributed by atoms with Crippen LogP contribution >= 0.6 is 34.2 Å². The van der Waals surface area contributed by atoms with Crippen molar-refractivity contribution < 1.29 is 4.79 Å². The number of amides is 1. The molecule has 0 radical (unpaired) electrons. The molecule has 0 bridgehead atoms. The highest BCUT2D eigenvalue weighted by Gasteiger charge is 2.00. The number of hydrazone groups is 1. The summed E-state index contributed by atoms with van der Waals surface area (Å²) in [5, 5.41) is 7.49. The molecule has 1 amide bonds. The Morgan fingerprint density at radius 1 is 1.19 bits per heavy atom. The van der Waals surface area contributed by atoms with Gasteiger partial charge >= 0.3 is 0 Å². The highest BCUT2D eigenvalue weighted by Crippen LogP contribution is 2.12. The van der Waals surface area contributed by atoms with E-state index in [1.165, 1.54) is 6.21 Å². The molecule has 2 rings (SSSR count). The second-order valence-electron chi connectivity index (χ2n) is 4.18. The lowest BCUT2D eigenvalue weighted by Gasteiger charge is -2.05. The van der Waals surface area contributed by atoms with Crippen LogP contribution in [-0.4, -0.2) is 18.7 Å². The standard InChI is InChI=1S/C15H13ClIN3O/c16-14-4-2-1-3-11(14)9-19-20-15(21)10-18-13-7-5-12(17)6-8-13/h1-9,18H,10H2,(H,20,21)/b19-9-. The maximum absolute atomic E-state index is 11.6. The lowest BCUT2D eigenvalue weighted by molar-refractivity contribution is -0.119. The number of nitrogens with zero attached hydrogens (tertiary/aromatic N) is 1. The average molecular weight is 414 g/mol. The Balaban J connectivity index is 1.80. The van der Waals surface area contributed by atoms with Crippen molar-refractivity contribution in [1.29, 1.82) is 0 Å². The van der Waals surface area contributed by atoms with Gasteiger partial charge in [-0.15, -0.1) is 0 Å². The van der Waals surface area contributed by atoms with Gasteiger partial charge in [0, 0.05) is 19.8 Å². The van der Waals surface area contributed by atoms with Crippen LogP contribution in [0.4, 0.5) is 5.69 Å². The van der Waals surface area contributed by atoms with Crippen LogP contribution < -0.4 is 10.7 Å². The summed E-state index contributed by atoms with van der Waals surface area (Å²) < 4.78 is 1.15. The summed E-state index contributed by atoms with van der Waals surface area (Å²) in [6, 6.07) is 15.1. The molecule has 0 saturated carbocycles. The lowest BCUT2D eigenvalue weighted by atomic mass is 10.2. The molecule has 6 heteroatoms. The van der Waals surface area contributed by atoms with Gasteiger partial charge in [-0.05, 0) is 52.9 Å². The summed E-state index contributed by atoms with van der Waals surface area (Å²) in [4.78, 5) is 11.6. The molecule has 0 fully saturated rings. The Hall–Kier alpha value is -1.60. The van der Waals surface area contributed by atoms with Gasteiger partial charge in [0.05, 0.1) is 12.8 Å². The second-order valence-corrected chi connectivity index (χ2v) is 5.83. The molecule has 0 atom stereocenters. The largest absolute Gasteiger partial charge is 0.376 e. The maximum atomic E-state index is 11.6. The van der Waals surface area contributed by atoms with Gasteiger partial charge in [0.1, 0.15) is 0 Å². The third kappa shape index (κ3) is 5.35. The van der Waals surface area contributed by atoms with Crippen molar-refractivity contribution >= 4 is 52.0 Å². The number of rotatable bonds is 5. The van der Waals surface area contributed by atoms with Crippen LogP contribution in [0.25, 0.3) is 0 Å². The van der Waals surface area contributed by atoms with Gasteiger partial charge in [-0.25, -0.2) is 5.43 Å². The molecule has 2 aromatic rings. The van der Waals surface area contributed by atoms with E-state index in [2.05, 4.69) is 38.4 Å². The molecule has 0 spiro atoms. The Labute approximate surface area is 141 Å². The zero-order valence-electron chi connectivity index (χ0n) is 11.0. The molecular weight excluding hydrogens is 401 g/mol. The number of nitrogens with one attached hydrogen (secondary N) is 2. The van der Waals surface area contributed by atoms with Crippen molar-refractivity contribution in [3.63, 3.8) is 0 Å². The summed E-state index contributed by atoms with van der Waals surface area (Å²) in [5.74, 6) is -0.225. The molecule has 0 aliphatic heterocycles. The zero-order chi connectivity index (χ0) is 15.1. The van der Waals surface area contributed by atoms with Crippen LogP contribution in [0.1, 0.15) is 5.56 Å². The van der Waals surface area contributed by atoms with E-state index in [4.69, 9.17) is 11.6 Å². The fourth-order valence-corrected chi connectivity index (χ4v) is 2.09. The minimum atomic E-state index is -0.225. The molecule has 2 N–H and O–H groups in total. The van der Waals surface area contributed by atoms with Crippen LogP contribution in [0.2, 0.25) is 5.02 Å². The van der Waals surface area contributed by atoms with E-state index < -0.39 is 0 Å². The molecule has 0 heterocycles. The van der Waals surface area contributed by atoms with E-state index in [-0.39, 0.29) is 12.5 Å². The predicted octanol–water partition coefficient (Wildman–Crippen LogP) is 3.51. The van der Waals surface area contributed by atoms with Gasteiger partial charge in [-0.1, -0.05) is 29.8 Å². The molecule has 0 aliphatic rings. The third-order valence-electron chi connectivity index (χ3n) is 2.60. The highest BCUT2D eigenvalue weighted by atomic mass is 127. The Morgan fingerprint density at radius 2 is 1.90 bits per heavy atom. The van der Waals surface area contributed by atoms with Crippen molar-refractivity contribution in [3.8, 4) is 0 Å². The molecule has 0 unspecified atom stereocenters. The van der Waals surface area contributed by atoms with Gasteiger partial charge < -0.3 is 5.32 Å². The van der Waals surface area contributed by atoms with Gasteiger partial charge in [0.25, 0.3) is 5.91 Å². The van der Waals surface area contributed by atoms with Crippen molar-refractivity contribution in [1.82, 2.24) is 5.43 Å². The molecular formula is C15H13ClIN3O. The van der Waals surface area contributed by atoms with Crippen LogP contribution in [-0.2, 0) is 4.79 Å². The van der Waals surface area contributed by atoms with Crippen molar-refractivity contribution in [2.75, 3.05) is 11.9 Å². The van der Waals surface area contributed by atoms with E-state index in [1.54, 1.807) is 6.07 Å². The molecule has 0 aliphatic carbocycles. The Bertz CT molecular complexity index is 644. The normalized spacial score (nSPS) is 10.6. The third-order valence-corrected chi connectivity index (χ3v) is 3.66. The first-order chi connectivity index (χ1) is 10.1. The van der Waals surface area contributed by atoms with Crippen LogP contribution in [0.3, 0.4) is 0 Å². The second kappa shape index (κ2) is 7.99. The number of benzene rings is 2. The van der Waals surface area contributed by atoms with Gasteiger partial charge in [0.15, 0.2) is 0 Å². The summed E-state index contributed by atoms with van der Waals surface area (Å²) >= 11 is 8.20. The maximum Gasteiger partial charge on any atom is 0.259 e. The minimum absolute atomic E-state index is 0.153. The number of hydrogen-bond donors (Lipinski definition) is 2. The van der Waals surface area contributed by atoms with E-state index in [1.807, 2.05) is 42.5 Å².